The molecule has 5 nitrogen and oxygen atoms in total. The third-order valence-electron chi connectivity index (χ3n) is 2.76. The van der Waals surface area contributed by atoms with Crippen LogP contribution in [0.4, 0.5) is 0 Å². The highest BCUT2D eigenvalue weighted by molar-refractivity contribution is 7.91. The lowest BCUT2D eigenvalue weighted by Crippen LogP contribution is -2.34. The van der Waals surface area contributed by atoms with Crippen LogP contribution in [0.5, 0.6) is 5.75 Å². The average molecular weight is 301 g/mol. The number of ether oxygens (including phenoxy) is 1. The van der Waals surface area contributed by atoms with Crippen molar-refractivity contribution in [2.75, 3.05) is 26.0 Å². The van der Waals surface area contributed by atoms with Crippen molar-refractivity contribution in [3.05, 3.63) is 24.3 Å². The van der Waals surface area contributed by atoms with Crippen molar-refractivity contribution < 1.29 is 18.3 Å². The summed E-state index contributed by atoms with van der Waals surface area (Å²) in [5.74, 6) is 0.772. The van der Waals surface area contributed by atoms with Crippen LogP contribution in [0.3, 0.4) is 0 Å². The Labute approximate surface area is 120 Å². The normalized spacial score (nSPS) is 13.4. The first-order valence-corrected chi connectivity index (χ1v) is 8.26. The number of rotatable bonds is 8. The summed E-state index contributed by atoms with van der Waals surface area (Å²) in [6.07, 6.45) is -0.916. The van der Waals surface area contributed by atoms with Crippen LogP contribution in [-0.4, -0.2) is 45.6 Å². The topological polar surface area (TPSA) is 75.6 Å². The summed E-state index contributed by atoms with van der Waals surface area (Å²) in [6.45, 7) is 5.12. The summed E-state index contributed by atoms with van der Waals surface area (Å²) in [6, 6.07) is 6.16. The highest BCUT2D eigenvalue weighted by Crippen LogP contribution is 2.17. The average Bonchev–Trinajstić information content (AvgIpc) is 2.37. The Morgan fingerprint density at radius 1 is 1.20 bits per heavy atom. The third-order valence-corrected chi connectivity index (χ3v) is 4.58. The van der Waals surface area contributed by atoms with Crippen molar-refractivity contribution in [2.45, 2.75) is 24.8 Å². The number of methoxy groups -OCH3 is 1. The van der Waals surface area contributed by atoms with Gasteiger partial charge in [-0.3, -0.25) is 0 Å². The largest absolute Gasteiger partial charge is 0.497 e. The van der Waals surface area contributed by atoms with Gasteiger partial charge < -0.3 is 15.2 Å². The molecule has 1 atom stereocenters. The minimum atomic E-state index is -3.48. The molecule has 1 aromatic rings. The second-order valence-electron chi connectivity index (χ2n) is 5.16. The Morgan fingerprint density at radius 3 is 2.30 bits per heavy atom. The Hall–Kier alpha value is -1.11. The van der Waals surface area contributed by atoms with E-state index in [0.29, 0.717) is 11.7 Å². The minimum absolute atomic E-state index is 0.196. The molecule has 6 heteroatoms. The molecule has 20 heavy (non-hydrogen) atoms. The lowest BCUT2D eigenvalue weighted by molar-refractivity contribution is 0.192. The van der Waals surface area contributed by atoms with Crippen LogP contribution in [0.2, 0.25) is 0 Å². The highest BCUT2D eigenvalue weighted by Gasteiger charge is 2.19. The fourth-order valence-electron chi connectivity index (χ4n) is 1.73. The maximum atomic E-state index is 12.1. The van der Waals surface area contributed by atoms with Gasteiger partial charge in [-0.2, -0.15) is 0 Å². The van der Waals surface area contributed by atoms with E-state index in [1.54, 1.807) is 12.1 Å². The molecule has 0 aliphatic heterocycles. The molecule has 0 saturated heterocycles. The van der Waals surface area contributed by atoms with Crippen molar-refractivity contribution in [1.82, 2.24) is 5.32 Å². The molecule has 0 saturated carbocycles. The highest BCUT2D eigenvalue weighted by atomic mass is 32.2. The van der Waals surface area contributed by atoms with Gasteiger partial charge in [0.05, 0.1) is 23.9 Å². The molecule has 0 aliphatic carbocycles. The van der Waals surface area contributed by atoms with E-state index in [-0.39, 0.29) is 17.2 Å². The van der Waals surface area contributed by atoms with Gasteiger partial charge in [0.25, 0.3) is 0 Å². The lowest BCUT2D eigenvalue weighted by atomic mass is 10.2. The molecule has 1 rings (SSSR count). The summed E-state index contributed by atoms with van der Waals surface area (Å²) in [4.78, 5) is 0.196. The van der Waals surface area contributed by atoms with Gasteiger partial charge in [0.2, 0.25) is 0 Å². The molecule has 0 fully saturated rings. The van der Waals surface area contributed by atoms with E-state index in [2.05, 4.69) is 5.32 Å². The number of nitrogens with one attached hydrogen (secondary N) is 1. The van der Waals surface area contributed by atoms with Gasteiger partial charge >= 0.3 is 0 Å². The molecular weight excluding hydrogens is 278 g/mol. The van der Waals surface area contributed by atoms with E-state index < -0.39 is 15.9 Å². The minimum Gasteiger partial charge on any atom is -0.497 e. The van der Waals surface area contributed by atoms with Gasteiger partial charge in [0, 0.05) is 6.54 Å². The zero-order valence-corrected chi connectivity index (χ0v) is 13.0. The first kappa shape index (κ1) is 16.9. The van der Waals surface area contributed by atoms with E-state index in [1.165, 1.54) is 19.2 Å². The monoisotopic (exact) mass is 301 g/mol. The molecule has 1 unspecified atom stereocenters. The van der Waals surface area contributed by atoms with E-state index in [1.807, 2.05) is 13.8 Å². The maximum absolute atomic E-state index is 12.1. The van der Waals surface area contributed by atoms with Gasteiger partial charge in [-0.1, -0.05) is 13.8 Å². The number of hydrogen-bond donors (Lipinski definition) is 2. The van der Waals surface area contributed by atoms with Crippen LogP contribution in [0.15, 0.2) is 29.2 Å². The maximum Gasteiger partial charge on any atom is 0.180 e. The lowest BCUT2D eigenvalue weighted by Gasteiger charge is -2.13. The Kier molecular flexibility index (Phi) is 6.45. The predicted molar refractivity (Wildman–Crippen MR) is 78.8 cm³/mol. The number of hydrogen-bond acceptors (Lipinski definition) is 5. The molecule has 0 amide bonds. The molecule has 0 spiro atoms. The Morgan fingerprint density at radius 2 is 1.80 bits per heavy atom. The van der Waals surface area contributed by atoms with Gasteiger partial charge in [-0.25, -0.2) is 8.42 Å². The van der Waals surface area contributed by atoms with Gasteiger partial charge in [-0.15, -0.1) is 0 Å². The molecule has 0 heterocycles. The summed E-state index contributed by atoms with van der Waals surface area (Å²) in [7, 11) is -1.96. The fraction of sp³-hybridized carbons (Fsp3) is 0.571. The summed E-state index contributed by atoms with van der Waals surface area (Å²) < 4.78 is 29.2. The molecule has 0 aliphatic rings. The van der Waals surface area contributed by atoms with E-state index in [4.69, 9.17) is 4.74 Å². The van der Waals surface area contributed by atoms with Crippen molar-refractivity contribution in [3.63, 3.8) is 0 Å². The number of benzene rings is 1. The number of aliphatic hydroxyl groups excluding tert-OH is 1. The SMILES string of the molecule is COc1ccc(S(=O)(=O)CC(O)CNCC(C)C)cc1. The molecule has 114 valence electrons. The molecule has 2 N–H and O–H groups in total. The van der Waals surface area contributed by atoms with Crippen molar-refractivity contribution in [3.8, 4) is 5.75 Å². The molecule has 1 aromatic carbocycles. The van der Waals surface area contributed by atoms with Crippen LogP contribution in [0.1, 0.15) is 13.8 Å². The standard InChI is InChI=1S/C14H23NO4S/c1-11(2)8-15-9-12(16)10-20(17,18)14-6-4-13(19-3)5-7-14/h4-7,11-12,15-16H,8-10H2,1-3H3. The van der Waals surface area contributed by atoms with Crippen LogP contribution in [0, 0.1) is 5.92 Å². The quantitative estimate of drug-likeness (QED) is 0.751. The summed E-state index contributed by atoms with van der Waals surface area (Å²) in [5.41, 5.74) is 0. The van der Waals surface area contributed by atoms with Gasteiger partial charge in [0.1, 0.15) is 5.75 Å². The second kappa shape index (κ2) is 7.61. The van der Waals surface area contributed by atoms with Gasteiger partial charge in [-0.05, 0) is 36.7 Å². The first-order chi connectivity index (χ1) is 9.35. The van der Waals surface area contributed by atoms with Crippen LogP contribution in [0.25, 0.3) is 0 Å². The number of sulfone groups is 1. The van der Waals surface area contributed by atoms with Crippen molar-refractivity contribution in [1.29, 1.82) is 0 Å². The molecule has 0 radical (unpaired) electrons. The summed E-state index contributed by atoms with van der Waals surface area (Å²) >= 11 is 0. The summed E-state index contributed by atoms with van der Waals surface area (Å²) in [5, 5.41) is 12.8. The Balaban J connectivity index is 2.59. The zero-order valence-electron chi connectivity index (χ0n) is 12.2. The molecule has 0 bridgehead atoms. The smallest absolute Gasteiger partial charge is 0.180 e. The molecule has 0 aromatic heterocycles. The van der Waals surface area contributed by atoms with Crippen LogP contribution < -0.4 is 10.1 Å². The van der Waals surface area contributed by atoms with Crippen LogP contribution >= 0.6 is 0 Å². The van der Waals surface area contributed by atoms with E-state index in [0.717, 1.165) is 6.54 Å². The Bertz CT molecular complexity index is 496. The predicted octanol–water partition coefficient (Wildman–Crippen LogP) is 1.08. The van der Waals surface area contributed by atoms with E-state index in [9.17, 15) is 13.5 Å². The van der Waals surface area contributed by atoms with Crippen molar-refractivity contribution in [2.24, 2.45) is 5.92 Å². The third kappa shape index (κ3) is 5.48. The number of aliphatic hydroxyl groups is 1. The second-order valence-corrected chi connectivity index (χ2v) is 7.20. The van der Waals surface area contributed by atoms with Gasteiger partial charge in [0.15, 0.2) is 9.84 Å². The van der Waals surface area contributed by atoms with E-state index >= 15 is 0 Å². The first-order valence-electron chi connectivity index (χ1n) is 6.60. The van der Waals surface area contributed by atoms with Crippen molar-refractivity contribution >= 4 is 9.84 Å². The fourth-order valence-corrected chi connectivity index (χ4v) is 3.10. The zero-order chi connectivity index (χ0) is 15.2. The molecular formula is C14H23NO4S. The van der Waals surface area contributed by atoms with Crippen LogP contribution in [-0.2, 0) is 9.84 Å².